The first kappa shape index (κ1) is 23.8. The van der Waals surface area contributed by atoms with Crippen LogP contribution >= 0.6 is 35.3 Å². The van der Waals surface area contributed by atoms with E-state index in [4.69, 9.17) is 4.99 Å². The van der Waals surface area contributed by atoms with Gasteiger partial charge in [0.2, 0.25) is 0 Å². The average molecular weight is 526 g/mol. The first-order chi connectivity index (χ1) is 13.7. The molecule has 0 unspecified atom stereocenters. The zero-order valence-corrected chi connectivity index (χ0v) is 20.5. The number of guanidine groups is 1. The third-order valence-electron chi connectivity index (χ3n) is 4.78. The molecule has 1 aromatic carbocycles. The topological polar surface area (TPSA) is 43.8 Å². The highest BCUT2D eigenvalue weighted by Gasteiger charge is 2.18. The van der Waals surface area contributed by atoms with E-state index in [1.54, 1.807) is 11.3 Å². The fraction of sp³-hybridized carbons (Fsp3) is 0.455. The fourth-order valence-electron chi connectivity index (χ4n) is 3.27. The minimum Gasteiger partial charge on any atom is -0.357 e. The Morgan fingerprint density at radius 1 is 1.21 bits per heavy atom. The number of rotatable bonds is 7. The summed E-state index contributed by atoms with van der Waals surface area (Å²) in [7, 11) is 0. The molecule has 1 aliphatic rings. The van der Waals surface area contributed by atoms with Gasteiger partial charge in [0.25, 0.3) is 0 Å². The van der Waals surface area contributed by atoms with E-state index in [1.807, 2.05) is 0 Å². The van der Waals surface area contributed by atoms with Crippen LogP contribution in [0, 0.1) is 6.92 Å². The van der Waals surface area contributed by atoms with Crippen LogP contribution in [-0.2, 0) is 6.42 Å². The molecule has 0 aliphatic carbocycles. The second kappa shape index (κ2) is 13.0. The van der Waals surface area contributed by atoms with Crippen molar-refractivity contribution in [2.24, 2.45) is 4.99 Å². The third kappa shape index (κ3) is 8.06. The van der Waals surface area contributed by atoms with Gasteiger partial charge >= 0.3 is 0 Å². The van der Waals surface area contributed by atoms with E-state index >= 15 is 0 Å². The van der Waals surface area contributed by atoms with Gasteiger partial charge in [-0.3, -0.25) is 9.89 Å². The maximum atomic E-state index is 4.83. The van der Waals surface area contributed by atoms with Gasteiger partial charge in [-0.1, -0.05) is 42.5 Å². The molecular weight excluding hydrogens is 493 g/mol. The quantitative estimate of drug-likeness (QED) is 0.338. The zero-order valence-electron chi connectivity index (χ0n) is 17.4. The highest BCUT2D eigenvalue weighted by Crippen LogP contribution is 2.09. The van der Waals surface area contributed by atoms with Crippen LogP contribution in [0.3, 0.4) is 0 Å². The van der Waals surface area contributed by atoms with Crippen LogP contribution in [0.25, 0.3) is 6.08 Å². The minimum atomic E-state index is 0. The number of piperazine rings is 1. The Morgan fingerprint density at radius 2 is 1.97 bits per heavy atom. The highest BCUT2D eigenvalue weighted by molar-refractivity contribution is 14.0. The van der Waals surface area contributed by atoms with Crippen molar-refractivity contribution in [1.82, 2.24) is 20.1 Å². The third-order valence-corrected chi connectivity index (χ3v) is 5.60. The first-order valence-corrected chi connectivity index (χ1v) is 11.0. The van der Waals surface area contributed by atoms with Gasteiger partial charge in [-0.15, -0.1) is 35.3 Å². The molecule has 5 nitrogen and oxygen atoms in total. The van der Waals surface area contributed by atoms with Crippen molar-refractivity contribution in [3.05, 3.63) is 58.1 Å². The van der Waals surface area contributed by atoms with Crippen LogP contribution in [-0.4, -0.2) is 66.6 Å². The van der Waals surface area contributed by atoms with Gasteiger partial charge in [0.1, 0.15) is 0 Å². The molecule has 1 N–H and O–H groups in total. The van der Waals surface area contributed by atoms with Crippen molar-refractivity contribution in [1.29, 1.82) is 0 Å². The summed E-state index contributed by atoms with van der Waals surface area (Å²) in [6, 6.07) is 10.5. The van der Waals surface area contributed by atoms with E-state index in [-0.39, 0.29) is 24.0 Å². The number of aromatic nitrogens is 1. The molecule has 0 bridgehead atoms. The Hall–Kier alpha value is -1.45. The van der Waals surface area contributed by atoms with E-state index in [1.165, 1.54) is 5.56 Å². The molecule has 0 radical (unpaired) electrons. The lowest BCUT2D eigenvalue weighted by Crippen LogP contribution is -2.52. The molecule has 3 rings (SSSR count). The number of aryl methyl sites for hydroxylation is 1. The maximum absolute atomic E-state index is 4.83. The molecule has 2 aromatic rings. The lowest BCUT2D eigenvalue weighted by atomic mass is 10.2. The molecule has 1 aliphatic heterocycles. The number of halogens is 1. The van der Waals surface area contributed by atoms with Crippen LogP contribution < -0.4 is 5.32 Å². The summed E-state index contributed by atoms with van der Waals surface area (Å²) >= 11 is 1.71. The Kier molecular flexibility index (Phi) is 10.7. The van der Waals surface area contributed by atoms with Gasteiger partial charge in [-0.2, -0.15) is 0 Å². The second-order valence-electron chi connectivity index (χ2n) is 6.94. The summed E-state index contributed by atoms with van der Waals surface area (Å²) in [4.78, 5) is 14.2. The van der Waals surface area contributed by atoms with Crippen molar-refractivity contribution in [3.8, 4) is 0 Å². The number of nitrogens with one attached hydrogen (secondary N) is 1. The van der Waals surface area contributed by atoms with Gasteiger partial charge in [0, 0.05) is 57.6 Å². The summed E-state index contributed by atoms with van der Waals surface area (Å²) in [5.74, 6) is 1.04. The van der Waals surface area contributed by atoms with Crippen LogP contribution in [0.4, 0.5) is 0 Å². The van der Waals surface area contributed by atoms with Crippen LogP contribution in [0.2, 0.25) is 0 Å². The Morgan fingerprint density at radius 3 is 2.62 bits per heavy atom. The molecule has 0 amide bonds. The van der Waals surface area contributed by atoms with Crippen molar-refractivity contribution >= 4 is 47.3 Å². The molecular formula is C22H32IN5S. The van der Waals surface area contributed by atoms with E-state index < -0.39 is 0 Å². The summed E-state index contributed by atoms with van der Waals surface area (Å²) in [5.41, 5.74) is 2.41. The van der Waals surface area contributed by atoms with Gasteiger partial charge in [-0.25, -0.2) is 4.98 Å². The monoisotopic (exact) mass is 525 g/mol. The van der Waals surface area contributed by atoms with Crippen molar-refractivity contribution < 1.29 is 0 Å². The molecule has 1 aromatic heterocycles. The highest BCUT2D eigenvalue weighted by atomic mass is 127. The SMILES string of the molecule is CCNC(=NCCc1csc(C)n1)N1CCN(C/C=C/c2ccccc2)CC1.I. The normalized spacial score (nSPS) is 15.5. The van der Waals surface area contributed by atoms with Crippen LogP contribution in [0.1, 0.15) is 23.2 Å². The molecule has 7 heteroatoms. The Labute approximate surface area is 196 Å². The lowest BCUT2D eigenvalue weighted by Gasteiger charge is -2.36. The van der Waals surface area contributed by atoms with E-state index in [2.05, 4.69) is 81.8 Å². The number of hydrogen-bond acceptors (Lipinski definition) is 4. The predicted octanol–water partition coefficient (Wildman–Crippen LogP) is 3.91. The summed E-state index contributed by atoms with van der Waals surface area (Å²) in [6.07, 6.45) is 5.38. The fourth-order valence-corrected chi connectivity index (χ4v) is 3.92. The predicted molar refractivity (Wildman–Crippen MR) is 135 cm³/mol. The smallest absolute Gasteiger partial charge is 0.194 e. The Bertz CT molecular complexity index is 767. The number of nitrogens with zero attached hydrogens (tertiary/aromatic N) is 4. The maximum Gasteiger partial charge on any atom is 0.194 e. The average Bonchev–Trinajstić information content (AvgIpc) is 3.14. The van der Waals surface area contributed by atoms with Gasteiger partial charge < -0.3 is 10.2 Å². The lowest BCUT2D eigenvalue weighted by molar-refractivity contribution is 0.194. The van der Waals surface area contributed by atoms with Crippen LogP contribution in [0.5, 0.6) is 0 Å². The van der Waals surface area contributed by atoms with E-state index in [0.29, 0.717) is 0 Å². The summed E-state index contributed by atoms with van der Waals surface area (Å²) < 4.78 is 0. The molecule has 2 heterocycles. The zero-order chi connectivity index (χ0) is 19.6. The largest absolute Gasteiger partial charge is 0.357 e. The van der Waals surface area contributed by atoms with Crippen molar-refractivity contribution in [2.75, 3.05) is 45.8 Å². The second-order valence-corrected chi connectivity index (χ2v) is 8.01. The number of hydrogen-bond donors (Lipinski definition) is 1. The van der Waals surface area contributed by atoms with Crippen LogP contribution in [0.15, 0.2) is 46.8 Å². The van der Waals surface area contributed by atoms with Gasteiger partial charge in [0.15, 0.2) is 5.96 Å². The van der Waals surface area contributed by atoms with Gasteiger partial charge in [0.05, 0.1) is 10.7 Å². The molecule has 0 saturated carbocycles. The number of aliphatic imine (C=N–C) groups is 1. The van der Waals surface area contributed by atoms with Crippen molar-refractivity contribution in [3.63, 3.8) is 0 Å². The summed E-state index contributed by atoms with van der Waals surface area (Å²) in [5, 5.41) is 6.72. The van der Waals surface area contributed by atoms with E-state index in [0.717, 1.165) is 68.9 Å². The minimum absolute atomic E-state index is 0. The number of thiazole rings is 1. The molecule has 0 atom stereocenters. The molecule has 0 spiro atoms. The molecule has 29 heavy (non-hydrogen) atoms. The van der Waals surface area contributed by atoms with E-state index in [9.17, 15) is 0 Å². The van der Waals surface area contributed by atoms with Gasteiger partial charge in [-0.05, 0) is 19.4 Å². The molecule has 1 fully saturated rings. The molecule has 1 saturated heterocycles. The van der Waals surface area contributed by atoms with Crippen molar-refractivity contribution in [2.45, 2.75) is 20.3 Å². The Balaban J connectivity index is 0.00000300. The standard InChI is InChI=1S/C22H31N5S.HI/c1-3-23-22(24-12-11-21-18-28-19(2)25-21)27-16-14-26(15-17-27)13-7-10-20-8-5-4-6-9-20;/h4-10,18H,3,11-17H2,1-2H3,(H,23,24);1H/b10-7+;. The number of benzene rings is 1. The summed E-state index contributed by atoms with van der Waals surface area (Å²) in [6.45, 7) is 11.0. The first-order valence-electron chi connectivity index (χ1n) is 10.1. The molecule has 158 valence electrons.